The van der Waals surface area contributed by atoms with E-state index in [9.17, 15) is 14.4 Å². The Kier molecular flexibility index (Phi) is 4.57. The van der Waals surface area contributed by atoms with Crippen LogP contribution < -0.4 is 10.2 Å². The van der Waals surface area contributed by atoms with Gasteiger partial charge in [0.05, 0.1) is 6.42 Å². The van der Waals surface area contributed by atoms with E-state index in [2.05, 4.69) is 5.32 Å². The molecule has 0 saturated heterocycles. The number of aliphatic carboxylic acids is 1. The third-order valence-corrected chi connectivity index (χ3v) is 3.55. The van der Waals surface area contributed by atoms with Gasteiger partial charge in [-0.1, -0.05) is 18.2 Å². The smallest absolute Gasteiger partial charge is 0.328 e. The molecule has 1 unspecified atom stereocenters. The maximum absolute atomic E-state index is 12.3. The molecular weight excluding hydrogens is 272 g/mol. The van der Waals surface area contributed by atoms with Crippen molar-refractivity contribution in [1.82, 2.24) is 5.32 Å². The zero-order chi connectivity index (χ0) is 15.4. The van der Waals surface area contributed by atoms with E-state index < -0.39 is 17.9 Å². The number of imide groups is 1. The summed E-state index contributed by atoms with van der Waals surface area (Å²) in [5.41, 5.74) is 1.88. The van der Waals surface area contributed by atoms with Crippen molar-refractivity contribution in [3.8, 4) is 0 Å². The summed E-state index contributed by atoms with van der Waals surface area (Å²) < 4.78 is 0. The van der Waals surface area contributed by atoms with Gasteiger partial charge in [-0.2, -0.15) is 0 Å². The molecule has 1 heterocycles. The monoisotopic (exact) mass is 290 g/mol. The first-order valence-electron chi connectivity index (χ1n) is 6.92. The van der Waals surface area contributed by atoms with Crippen molar-refractivity contribution in [2.45, 2.75) is 38.6 Å². The Hall–Kier alpha value is -2.37. The Bertz CT molecular complexity index is 571. The molecule has 1 aromatic rings. The average Bonchev–Trinajstić information content (AvgIpc) is 2.44. The summed E-state index contributed by atoms with van der Waals surface area (Å²) >= 11 is 0. The van der Waals surface area contributed by atoms with Gasteiger partial charge in [0, 0.05) is 18.2 Å². The molecule has 6 nitrogen and oxygen atoms in total. The number of fused-ring (bicyclic) bond motifs is 1. The summed E-state index contributed by atoms with van der Waals surface area (Å²) in [6.07, 6.45) is 1.23. The van der Waals surface area contributed by atoms with Gasteiger partial charge in [-0.15, -0.1) is 0 Å². The lowest BCUT2D eigenvalue weighted by Crippen LogP contribution is -2.49. The number of nitrogens with zero attached hydrogens (tertiary/aromatic N) is 1. The van der Waals surface area contributed by atoms with Gasteiger partial charge >= 0.3 is 12.0 Å². The summed E-state index contributed by atoms with van der Waals surface area (Å²) in [5.74, 6) is -1.63. The molecule has 0 spiro atoms. The van der Waals surface area contributed by atoms with Crippen LogP contribution in [-0.4, -0.2) is 29.1 Å². The number of carboxylic acids is 1. The van der Waals surface area contributed by atoms with E-state index in [0.29, 0.717) is 0 Å². The Morgan fingerprint density at radius 1 is 1.29 bits per heavy atom. The molecule has 0 fully saturated rings. The number of carbonyl (C=O) groups excluding carboxylic acids is 2. The molecule has 0 aromatic heterocycles. The van der Waals surface area contributed by atoms with Crippen LogP contribution in [-0.2, 0) is 16.0 Å². The van der Waals surface area contributed by atoms with Crippen molar-refractivity contribution in [1.29, 1.82) is 0 Å². The van der Waals surface area contributed by atoms with Gasteiger partial charge < -0.3 is 5.11 Å². The molecule has 112 valence electrons. The van der Waals surface area contributed by atoms with E-state index in [-0.39, 0.29) is 18.9 Å². The minimum atomic E-state index is -1.06. The number of rotatable bonds is 3. The van der Waals surface area contributed by atoms with Crippen molar-refractivity contribution < 1.29 is 19.5 Å². The third kappa shape index (κ3) is 3.59. The molecule has 0 saturated carbocycles. The predicted octanol–water partition coefficient (Wildman–Crippen LogP) is 1.93. The molecule has 2 N–H and O–H groups in total. The number of para-hydroxylation sites is 1. The second-order valence-electron chi connectivity index (χ2n) is 5.13. The number of amides is 3. The van der Waals surface area contributed by atoms with E-state index in [4.69, 9.17) is 5.11 Å². The zero-order valence-corrected chi connectivity index (χ0v) is 11.8. The molecule has 0 bridgehead atoms. The number of anilines is 1. The van der Waals surface area contributed by atoms with Crippen LogP contribution in [0.15, 0.2) is 24.3 Å². The van der Waals surface area contributed by atoms with Gasteiger partial charge in [0.2, 0.25) is 5.91 Å². The SMILES string of the molecule is CC1CCc2ccccc2N1C(=O)NC(=O)CCC(=O)O. The van der Waals surface area contributed by atoms with Crippen molar-refractivity contribution in [2.24, 2.45) is 0 Å². The van der Waals surface area contributed by atoms with E-state index in [1.807, 2.05) is 31.2 Å². The molecule has 21 heavy (non-hydrogen) atoms. The first-order chi connectivity index (χ1) is 9.99. The van der Waals surface area contributed by atoms with Gasteiger partial charge in [-0.05, 0) is 31.4 Å². The predicted molar refractivity (Wildman–Crippen MR) is 77.1 cm³/mol. The van der Waals surface area contributed by atoms with Crippen LogP contribution in [0.3, 0.4) is 0 Å². The van der Waals surface area contributed by atoms with Crippen LogP contribution in [0.2, 0.25) is 0 Å². The molecule has 1 aliphatic rings. The van der Waals surface area contributed by atoms with Crippen LogP contribution in [0, 0.1) is 0 Å². The van der Waals surface area contributed by atoms with Gasteiger partial charge in [0.1, 0.15) is 0 Å². The second kappa shape index (κ2) is 6.39. The maximum atomic E-state index is 12.3. The number of nitrogens with one attached hydrogen (secondary N) is 1. The maximum Gasteiger partial charge on any atom is 0.328 e. The van der Waals surface area contributed by atoms with Gasteiger partial charge in [0.15, 0.2) is 0 Å². The largest absolute Gasteiger partial charge is 0.481 e. The Labute approximate surface area is 122 Å². The lowest BCUT2D eigenvalue weighted by atomic mass is 9.97. The first-order valence-corrected chi connectivity index (χ1v) is 6.92. The van der Waals surface area contributed by atoms with Crippen LogP contribution in [0.1, 0.15) is 31.7 Å². The number of hydrogen-bond donors (Lipinski definition) is 2. The van der Waals surface area contributed by atoms with Crippen molar-refractivity contribution >= 4 is 23.6 Å². The average molecular weight is 290 g/mol. The third-order valence-electron chi connectivity index (χ3n) is 3.55. The molecule has 0 aliphatic carbocycles. The lowest BCUT2D eigenvalue weighted by molar-refractivity contribution is -0.138. The van der Waals surface area contributed by atoms with E-state index in [1.54, 1.807) is 4.90 Å². The second-order valence-corrected chi connectivity index (χ2v) is 5.13. The van der Waals surface area contributed by atoms with Crippen LogP contribution in [0.4, 0.5) is 10.5 Å². The highest BCUT2D eigenvalue weighted by molar-refractivity contribution is 6.04. The molecule has 3 amide bonds. The van der Waals surface area contributed by atoms with E-state index in [0.717, 1.165) is 24.1 Å². The normalized spacial score (nSPS) is 17.0. The number of urea groups is 1. The molecule has 1 aromatic carbocycles. The number of hydrogen-bond acceptors (Lipinski definition) is 3. The van der Waals surface area contributed by atoms with Crippen LogP contribution in [0.5, 0.6) is 0 Å². The van der Waals surface area contributed by atoms with Gasteiger partial charge in [-0.25, -0.2) is 4.79 Å². The molecule has 6 heteroatoms. The van der Waals surface area contributed by atoms with E-state index >= 15 is 0 Å². The van der Waals surface area contributed by atoms with Gasteiger partial charge in [-0.3, -0.25) is 19.8 Å². The summed E-state index contributed by atoms with van der Waals surface area (Å²) in [5, 5.41) is 10.8. The van der Waals surface area contributed by atoms with Crippen molar-refractivity contribution in [3.63, 3.8) is 0 Å². The van der Waals surface area contributed by atoms with Crippen LogP contribution in [0.25, 0.3) is 0 Å². The van der Waals surface area contributed by atoms with E-state index in [1.165, 1.54) is 0 Å². The Morgan fingerprint density at radius 3 is 2.71 bits per heavy atom. The quantitative estimate of drug-likeness (QED) is 0.890. The molecule has 2 rings (SSSR count). The zero-order valence-electron chi connectivity index (χ0n) is 11.8. The minimum Gasteiger partial charge on any atom is -0.481 e. The fraction of sp³-hybridized carbons (Fsp3) is 0.400. The number of aryl methyl sites for hydroxylation is 1. The summed E-state index contributed by atoms with van der Waals surface area (Å²) in [7, 11) is 0. The van der Waals surface area contributed by atoms with Crippen molar-refractivity contribution in [3.05, 3.63) is 29.8 Å². The molecular formula is C15H18N2O4. The number of benzene rings is 1. The first kappa shape index (κ1) is 15.0. The Balaban J connectivity index is 2.08. The summed E-state index contributed by atoms with van der Waals surface area (Å²) in [4.78, 5) is 35.9. The highest BCUT2D eigenvalue weighted by atomic mass is 16.4. The number of carboxylic acid groups (broad SMARTS) is 1. The Morgan fingerprint density at radius 2 is 2.00 bits per heavy atom. The highest BCUT2D eigenvalue weighted by Crippen LogP contribution is 2.30. The number of carbonyl (C=O) groups is 3. The standard InChI is InChI=1S/C15H18N2O4/c1-10-6-7-11-4-2-3-5-12(11)17(10)15(21)16-13(18)8-9-14(19)20/h2-5,10H,6-9H2,1H3,(H,19,20)(H,16,18,21). The summed E-state index contributed by atoms with van der Waals surface area (Å²) in [6, 6.07) is 7.09. The topological polar surface area (TPSA) is 86.7 Å². The minimum absolute atomic E-state index is 0.00725. The van der Waals surface area contributed by atoms with Gasteiger partial charge in [0.25, 0.3) is 0 Å². The van der Waals surface area contributed by atoms with Crippen LogP contribution >= 0.6 is 0 Å². The fourth-order valence-corrected chi connectivity index (χ4v) is 2.46. The molecule has 1 atom stereocenters. The van der Waals surface area contributed by atoms with Crippen molar-refractivity contribution in [2.75, 3.05) is 4.90 Å². The molecule has 0 radical (unpaired) electrons. The highest BCUT2D eigenvalue weighted by Gasteiger charge is 2.28. The molecule has 1 aliphatic heterocycles. The summed E-state index contributed by atoms with van der Waals surface area (Å²) in [6.45, 7) is 1.93. The fourth-order valence-electron chi connectivity index (χ4n) is 2.46. The lowest BCUT2D eigenvalue weighted by Gasteiger charge is -2.34.